The van der Waals surface area contributed by atoms with Crippen LogP contribution >= 0.6 is 0 Å². The standard InChI is InChI=1S/C24H30O2/c1-2-3-4-8-14-23-22(24(25)26-23)13-9-10-19-15-17-21(18-16-19)20-11-6-5-7-12-20/h5-7,11-12,15-18,22-23H,2-4,8-10,13-14H2,1H3. The molecule has 2 nitrogen and oxygen atoms in total. The molecule has 0 aliphatic carbocycles. The van der Waals surface area contributed by atoms with Gasteiger partial charge in [-0.25, -0.2) is 0 Å². The van der Waals surface area contributed by atoms with Crippen LogP contribution < -0.4 is 0 Å². The van der Waals surface area contributed by atoms with Gasteiger partial charge in [0.1, 0.15) is 6.10 Å². The second-order valence-electron chi connectivity index (χ2n) is 7.39. The fourth-order valence-electron chi connectivity index (χ4n) is 3.75. The summed E-state index contributed by atoms with van der Waals surface area (Å²) in [6.07, 6.45) is 9.23. The summed E-state index contributed by atoms with van der Waals surface area (Å²) in [6.45, 7) is 2.22. The Labute approximate surface area is 157 Å². The summed E-state index contributed by atoms with van der Waals surface area (Å²) in [6, 6.07) is 19.3. The highest BCUT2D eigenvalue weighted by Gasteiger charge is 2.40. The molecule has 3 rings (SSSR count). The Morgan fingerprint density at radius 2 is 1.54 bits per heavy atom. The van der Waals surface area contributed by atoms with Crippen LogP contribution in [-0.2, 0) is 16.0 Å². The van der Waals surface area contributed by atoms with Gasteiger partial charge in [0.2, 0.25) is 0 Å². The maximum atomic E-state index is 11.8. The number of benzene rings is 2. The van der Waals surface area contributed by atoms with Crippen LogP contribution in [0.5, 0.6) is 0 Å². The molecule has 0 amide bonds. The van der Waals surface area contributed by atoms with E-state index in [4.69, 9.17) is 4.74 Å². The van der Waals surface area contributed by atoms with Crippen molar-refractivity contribution in [2.24, 2.45) is 5.92 Å². The lowest BCUT2D eigenvalue weighted by Crippen LogP contribution is -2.45. The highest BCUT2D eigenvalue weighted by Crippen LogP contribution is 2.31. The van der Waals surface area contributed by atoms with E-state index in [1.165, 1.54) is 42.4 Å². The number of carbonyl (C=O) groups excluding carboxylic acids is 1. The minimum absolute atomic E-state index is 0.0184. The molecule has 1 saturated heterocycles. The number of aryl methyl sites for hydroxylation is 1. The Balaban J connectivity index is 1.42. The van der Waals surface area contributed by atoms with Crippen molar-refractivity contribution in [2.45, 2.75) is 64.4 Å². The number of cyclic esters (lactones) is 1. The third-order valence-corrected chi connectivity index (χ3v) is 5.40. The second-order valence-corrected chi connectivity index (χ2v) is 7.39. The molecule has 2 aromatic rings. The van der Waals surface area contributed by atoms with Crippen molar-refractivity contribution in [1.82, 2.24) is 0 Å². The quantitative estimate of drug-likeness (QED) is 0.377. The zero-order valence-corrected chi connectivity index (χ0v) is 15.8. The number of hydrogen-bond donors (Lipinski definition) is 0. The summed E-state index contributed by atoms with van der Waals surface area (Å²) in [5, 5.41) is 0. The highest BCUT2D eigenvalue weighted by atomic mass is 16.6. The molecule has 1 aliphatic rings. The Morgan fingerprint density at radius 1 is 0.808 bits per heavy atom. The number of unbranched alkanes of at least 4 members (excludes halogenated alkanes) is 3. The summed E-state index contributed by atoms with van der Waals surface area (Å²) in [5.74, 6) is 0.158. The molecule has 2 unspecified atom stereocenters. The van der Waals surface area contributed by atoms with E-state index >= 15 is 0 Å². The predicted octanol–water partition coefficient (Wildman–Crippen LogP) is 6.19. The summed E-state index contributed by atoms with van der Waals surface area (Å²) in [4.78, 5) is 11.8. The molecule has 2 atom stereocenters. The molecular formula is C24H30O2. The third kappa shape index (κ3) is 4.97. The largest absolute Gasteiger partial charge is 0.461 e. The van der Waals surface area contributed by atoms with E-state index in [9.17, 15) is 4.79 Å². The molecule has 2 aromatic carbocycles. The van der Waals surface area contributed by atoms with Gasteiger partial charge in [-0.2, -0.15) is 0 Å². The monoisotopic (exact) mass is 350 g/mol. The zero-order chi connectivity index (χ0) is 18.2. The number of carbonyl (C=O) groups is 1. The van der Waals surface area contributed by atoms with Crippen LogP contribution in [0.3, 0.4) is 0 Å². The van der Waals surface area contributed by atoms with E-state index in [2.05, 4.69) is 55.5 Å². The predicted molar refractivity (Wildman–Crippen MR) is 107 cm³/mol. The van der Waals surface area contributed by atoms with Crippen LogP contribution in [0.25, 0.3) is 11.1 Å². The number of ether oxygens (including phenoxy) is 1. The van der Waals surface area contributed by atoms with Gasteiger partial charge in [-0.1, -0.05) is 80.8 Å². The van der Waals surface area contributed by atoms with Gasteiger partial charge in [0.25, 0.3) is 0 Å². The fourth-order valence-corrected chi connectivity index (χ4v) is 3.75. The molecule has 0 radical (unpaired) electrons. The highest BCUT2D eigenvalue weighted by molar-refractivity contribution is 5.78. The smallest absolute Gasteiger partial charge is 0.313 e. The van der Waals surface area contributed by atoms with Crippen molar-refractivity contribution in [3.8, 4) is 11.1 Å². The van der Waals surface area contributed by atoms with E-state index in [1.54, 1.807) is 0 Å². The number of hydrogen-bond acceptors (Lipinski definition) is 2. The van der Waals surface area contributed by atoms with Crippen LogP contribution in [0.2, 0.25) is 0 Å². The van der Waals surface area contributed by atoms with Crippen molar-refractivity contribution in [2.75, 3.05) is 0 Å². The lowest BCUT2D eigenvalue weighted by atomic mass is 9.87. The molecule has 0 spiro atoms. The Kier molecular flexibility index (Phi) is 6.88. The van der Waals surface area contributed by atoms with Gasteiger partial charge in [-0.15, -0.1) is 0 Å². The van der Waals surface area contributed by atoms with Crippen LogP contribution in [0.1, 0.15) is 57.4 Å². The summed E-state index contributed by atoms with van der Waals surface area (Å²) >= 11 is 0. The van der Waals surface area contributed by atoms with Gasteiger partial charge in [-0.05, 0) is 48.8 Å². The third-order valence-electron chi connectivity index (χ3n) is 5.40. The van der Waals surface area contributed by atoms with E-state index in [-0.39, 0.29) is 18.0 Å². The van der Waals surface area contributed by atoms with Gasteiger partial charge < -0.3 is 4.74 Å². The van der Waals surface area contributed by atoms with Gasteiger partial charge in [0, 0.05) is 0 Å². The van der Waals surface area contributed by atoms with Crippen LogP contribution in [-0.4, -0.2) is 12.1 Å². The van der Waals surface area contributed by atoms with Crippen molar-refractivity contribution in [1.29, 1.82) is 0 Å². The van der Waals surface area contributed by atoms with E-state index in [1.807, 2.05) is 6.07 Å². The molecule has 1 aliphatic heterocycles. The Bertz CT molecular complexity index is 675. The summed E-state index contributed by atoms with van der Waals surface area (Å²) in [5.41, 5.74) is 3.85. The molecule has 0 saturated carbocycles. The van der Waals surface area contributed by atoms with Crippen molar-refractivity contribution in [3.05, 3.63) is 60.2 Å². The van der Waals surface area contributed by atoms with E-state index < -0.39 is 0 Å². The molecule has 1 fully saturated rings. The molecule has 26 heavy (non-hydrogen) atoms. The number of rotatable bonds is 10. The first kappa shape index (κ1) is 18.7. The minimum Gasteiger partial charge on any atom is -0.461 e. The normalized spacial score (nSPS) is 19.0. The van der Waals surface area contributed by atoms with Crippen LogP contribution in [0.15, 0.2) is 54.6 Å². The maximum Gasteiger partial charge on any atom is 0.313 e. The molecule has 2 heteroatoms. The maximum absolute atomic E-state index is 11.8. The van der Waals surface area contributed by atoms with Gasteiger partial charge in [-0.3, -0.25) is 4.79 Å². The van der Waals surface area contributed by atoms with E-state index in [0.717, 1.165) is 25.7 Å². The number of esters is 1. The molecule has 0 N–H and O–H groups in total. The summed E-state index contributed by atoms with van der Waals surface area (Å²) < 4.78 is 5.36. The molecular weight excluding hydrogens is 320 g/mol. The average molecular weight is 351 g/mol. The van der Waals surface area contributed by atoms with Crippen molar-refractivity contribution in [3.63, 3.8) is 0 Å². The van der Waals surface area contributed by atoms with Crippen LogP contribution in [0, 0.1) is 5.92 Å². The van der Waals surface area contributed by atoms with Crippen molar-refractivity contribution >= 4 is 5.97 Å². The first-order valence-corrected chi connectivity index (χ1v) is 10.1. The summed E-state index contributed by atoms with van der Waals surface area (Å²) in [7, 11) is 0. The lowest BCUT2D eigenvalue weighted by Gasteiger charge is -2.35. The SMILES string of the molecule is CCCCCCC1OC(=O)C1CCCc1ccc(-c2ccccc2)cc1. The van der Waals surface area contributed by atoms with E-state index in [0.29, 0.717) is 0 Å². The van der Waals surface area contributed by atoms with Gasteiger partial charge >= 0.3 is 5.97 Å². The lowest BCUT2D eigenvalue weighted by molar-refractivity contribution is -0.186. The first-order chi connectivity index (χ1) is 12.8. The minimum atomic E-state index is 0.0184. The van der Waals surface area contributed by atoms with Gasteiger partial charge in [0.15, 0.2) is 0 Å². The Morgan fingerprint density at radius 3 is 2.23 bits per heavy atom. The average Bonchev–Trinajstić information content (AvgIpc) is 2.68. The second kappa shape index (κ2) is 9.56. The molecule has 138 valence electrons. The van der Waals surface area contributed by atoms with Crippen molar-refractivity contribution < 1.29 is 9.53 Å². The Hall–Kier alpha value is -2.09. The zero-order valence-electron chi connectivity index (χ0n) is 15.8. The molecule has 0 bridgehead atoms. The van der Waals surface area contributed by atoms with Gasteiger partial charge in [0.05, 0.1) is 5.92 Å². The molecule has 1 heterocycles. The van der Waals surface area contributed by atoms with Crippen LogP contribution in [0.4, 0.5) is 0 Å². The first-order valence-electron chi connectivity index (χ1n) is 10.1. The topological polar surface area (TPSA) is 26.3 Å². The molecule has 0 aromatic heterocycles. The fraction of sp³-hybridized carbons (Fsp3) is 0.458.